The van der Waals surface area contributed by atoms with Crippen molar-refractivity contribution >= 4 is 18.5 Å². The van der Waals surface area contributed by atoms with Crippen LogP contribution in [0.15, 0.2) is 18.2 Å². The zero-order valence-corrected chi connectivity index (χ0v) is 14.4. The molecule has 0 spiro atoms. The fourth-order valence-electron chi connectivity index (χ4n) is 2.50. The maximum absolute atomic E-state index is 12.2. The molecule has 0 aromatic heterocycles. The molecule has 1 N–H and O–H groups in total. The Morgan fingerprint density at radius 2 is 1.83 bits per heavy atom. The van der Waals surface area contributed by atoms with E-state index in [1.165, 1.54) is 0 Å². The average molecular weight is 317 g/mol. The summed E-state index contributed by atoms with van der Waals surface area (Å²) in [7, 11) is 1.03. The molecular weight excluding hydrogens is 293 g/mol. The molecular formula is C17H24BNO4. The molecule has 0 unspecified atom stereocenters. The molecule has 6 heteroatoms. The van der Waals surface area contributed by atoms with Gasteiger partial charge in [0.15, 0.2) is 0 Å². The Balaban J connectivity index is 1.96. The zero-order chi connectivity index (χ0) is 16.8. The number of ether oxygens (including phenoxy) is 1. The molecule has 1 heterocycles. The maximum atomic E-state index is 12.2. The third kappa shape index (κ3) is 3.10. The fraction of sp³-hybridized carbons (Fsp3) is 0.588. The Morgan fingerprint density at radius 3 is 2.35 bits per heavy atom. The van der Waals surface area contributed by atoms with Crippen molar-refractivity contribution in [3.05, 3.63) is 23.8 Å². The number of nitrogens with one attached hydrogen (secondary N) is 1. The van der Waals surface area contributed by atoms with Gasteiger partial charge < -0.3 is 19.4 Å². The zero-order valence-electron chi connectivity index (χ0n) is 14.4. The van der Waals surface area contributed by atoms with Crippen LogP contribution in [0.4, 0.5) is 0 Å². The highest BCUT2D eigenvalue weighted by molar-refractivity contribution is 6.63. The van der Waals surface area contributed by atoms with Gasteiger partial charge in [-0.2, -0.15) is 0 Å². The van der Waals surface area contributed by atoms with Crippen LogP contribution in [0.1, 0.15) is 50.9 Å². The third-order valence-corrected chi connectivity index (χ3v) is 4.83. The first kappa shape index (κ1) is 16.3. The molecule has 1 aliphatic heterocycles. The molecule has 1 amide bonds. The smallest absolute Gasteiger partial charge is 0.490 e. The van der Waals surface area contributed by atoms with Crippen molar-refractivity contribution in [3.63, 3.8) is 0 Å². The van der Waals surface area contributed by atoms with Crippen molar-refractivity contribution in [2.75, 3.05) is 7.05 Å². The van der Waals surface area contributed by atoms with Crippen LogP contribution >= 0.6 is 0 Å². The summed E-state index contributed by atoms with van der Waals surface area (Å²) in [5.74, 6) is 0.595. The minimum atomic E-state index is -0.588. The van der Waals surface area contributed by atoms with Crippen LogP contribution in [-0.4, -0.2) is 37.4 Å². The molecule has 1 saturated heterocycles. The van der Waals surface area contributed by atoms with Gasteiger partial charge >= 0.3 is 7.12 Å². The topological polar surface area (TPSA) is 56.8 Å². The quantitative estimate of drug-likeness (QED) is 0.862. The number of amides is 1. The standard InChI is InChI=1S/C17H24BNO4/c1-16(2)17(3,4)23-18(22-16)14-10-12(21-11-6-7-11)8-9-13(14)15(20)19-5/h8-11H,6-7H2,1-5H3,(H,19,20). The largest absolute Gasteiger partial charge is 0.495 e. The van der Waals surface area contributed by atoms with Gasteiger partial charge in [-0.05, 0) is 64.2 Å². The second kappa shape index (κ2) is 5.53. The van der Waals surface area contributed by atoms with Crippen LogP contribution in [0.5, 0.6) is 5.75 Å². The molecule has 2 aliphatic rings. The number of hydrogen-bond acceptors (Lipinski definition) is 4. The van der Waals surface area contributed by atoms with E-state index in [1.54, 1.807) is 13.1 Å². The van der Waals surface area contributed by atoms with E-state index in [1.807, 2.05) is 39.8 Å². The van der Waals surface area contributed by atoms with Crippen molar-refractivity contribution < 1.29 is 18.8 Å². The van der Waals surface area contributed by atoms with Crippen molar-refractivity contribution in [2.45, 2.75) is 57.8 Å². The summed E-state index contributed by atoms with van der Waals surface area (Å²) in [6, 6.07) is 5.47. The van der Waals surface area contributed by atoms with Gasteiger partial charge in [0.1, 0.15) is 5.75 Å². The summed E-state index contributed by atoms with van der Waals surface area (Å²) in [6.45, 7) is 7.99. The Kier molecular flexibility index (Phi) is 3.93. The average Bonchev–Trinajstić information content (AvgIpc) is 3.25. The Labute approximate surface area is 137 Å². The van der Waals surface area contributed by atoms with E-state index in [9.17, 15) is 4.79 Å². The lowest BCUT2D eigenvalue weighted by atomic mass is 9.75. The van der Waals surface area contributed by atoms with Crippen molar-refractivity contribution in [1.82, 2.24) is 5.32 Å². The van der Waals surface area contributed by atoms with Gasteiger partial charge in [0.05, 0.1) is 17.3 Å². The minimum Gasteiger partial charge on any atom is -0.490 e. The van der Waals surface area contributed by atoms with E-state index in [0.717, 1.165) is 18.6 Å². The highest BCUT2D eigenvalue weighted by atomic mass is 16.7. The Bertz CT molecular complexity index is 609. The van der Waals surface area contributed by atoms with Gasteiger partial charge in [-0.3, -0.25) is 4.79 Å². The normalized spacial score (nSPS) is 22.0. The van der Waals surface area contributed by atoms with Gasteiger partial charge in [-0.25, -0.2) is 0 Å². The first-order valence-corrected chi connectivity index (χ1v) is 8.12. The van der Waals surface area contributed by atoms with Crippen LogP contribution in [0.25, 0.3) is 0 Å². The highest BCUT2D eigenvalue weighted by Crippen LogP contribution is 2.37. The van der Waals surface area contributed by atoms with Gasteiger partial charge in [0, 0.05) is 12.6 Å². The van der Waals surface area contributed by atoms with Crippen LogP contribution in [0.3, 0.4) is 0 Å². The van der Waals surface area contributed by atoms with Crippen molar-refractivity contribution in [2.24, 2.45) is 0 Å². The second-order valence-electron chi connectivity index (χ2n) is 7.23. The SMILES string of the molecule is CNC(=O)c1ccc(OC2CC2)cc1B1OC(C)(C)C(C)(C)O1. The van der Waals surface area contributed by atoms with E-state index in [4.69, 9.17) is 14.0 Å². The molecule has 2 fully saturated rings. The summed E-state index contributed by atoms with van der Waals surface area (Å²) in [4.78, 5) is 12.2. The van der Waals surface area contributed by atoms with Gasteiger partial charge in [0.2, 0.25) is 0 Å². The first-order valence-electron chi connectivity index (χ1n) is 8.12. The molecule has 1 aromatic carbocycles. The monoisotopic (exact) mass is 317 g/mol. The van der Waals surface area contributed by atoms with Crippen molar-refractivity contribution in [3.8, 4) is 5.75 Å². The molecule has 1 aliphatic carbocycles. The molecule has 1 saturated carbocycles. The van der Waals surface area contributed by atoms with E-state index < -0.39 is 18.3 Å². The second-order valence-corrected chi connectivity index (χ2v) is 7.23. The van der Waals surface area contributed by atoms with Gasteiger partial charge in [-0.1, -0.05) is 0 Å². The van der Waals surface area contributed by atoms with E-state index in [-0.39, 0.29) is 5.91 Å². The molecule has 0 bridgehead atoms. The molecule has 0 atom stereocenters. The van der Waals surface area contributed by atoms with Gasteiger partial charge in [0.25, 0.3) is 5.91 Å². The number of benzene rings is 1. The van der Waals surface area contributed by atoms with Crippen LogP contribution in [0, 0.1) is 0 Å². The molecule has 23 heavy (non-hydrogen) atoms. The fourth-order valence-corrected chi connectivity index (χ4v) is 2.50. The lowest BCUT2D eigenvalue weighted by Gasteiger charge is -2.32. The number of carbonyl (C=O) groups excluding carboxylic acids is 1. The Morgan fingerprint density at radius 1 is 1.22 bits per heavy atom. The molecule has 3 rings (SSSR count). The van der Waals surface area contributed by atoms with E-state index >= 15 is 0 Å². The lowest BCUT2D eigenvalue weighted by Crippen LogP contribution is -2.41. The molecule has 5 nitrogen and oxygen atoms in total. The lowest BCUT2D eigenvalue weighted by molar-refractivity contribution is 0.00578. The minimum absolute atomic E-state index is 0.160. The molecule has 0 radical (unpaired) electrons. The predicted octanol–water partition coefficient (Wildman–Crippen LogP) is 1.89. The number of hydrogen-bond donors (Lipinski definition) is 1. The predicted molar refractivity (Wildman–Crippen MR) is 89.2 cm³/mol. The molecule has 1 aromatic rings. The van der Waals surface area contributed by atoms with Crippen molar-refractivity contribution in [1.29, 1.82) is 0 Å². The van der Waals surface area contributed by atoms with E-state index in [0.29, 0.717) is 17.1 Å². The summed E-state index contributed by atoms with van der Waals surface area (Å²) < 4.78 is 18.1. The van der Waals surface area contributed by atoms with Crippen LogP contribution in [0.2, 0.25) is 0 Å². The first-order chi connectivity index (χ1) is 10.7. The number of rotatable bonds is 4. The maximum Gasteiger partial charge on any atom is 0.495 e. The van der Waals surface area contributed by atoms with Gasteiger partial charge in [-0.15, -0.1) is 0 Å². The summed E-state index contributed by atoms with van der Waals surface area (Å²) in [5, 5.41) is 2.67. The summed E-state index contributed by atoms with van der Waals surface area (Å²) in [6.07, 6.45) is 2.47. The van der Waals surface area contributed by atoms with E-state index in [2.05, 4.69) is 5.32 Å². The number of carbonyl (C=O) groups is 1. The third-order valence-electron chi connectivity index (χ3n) is 4.83. The summed E-state index contributed by atoms with van der Waals surface area (Å²) >= 11 is 0. The van der Waals surface area contributed by atoms with Crippen LogP contribution < -0.4 is 15.5 Å². The summed E-state index contributed by atoms with van der Waals surface area (Å²) in [5.41, 5.74) is 0.353. The molecule has 124 valence electrons. The van der Waals surface area contributed by atoms with Crippen LogP contribution in [-0.2, 0) is 9.31 Å². The highest BCUT2D eigenvalue weighted by Gasteiger charge is 2.52. The Hall–Kier alpha value is -1.53.